The van der Waals surface area contributed by atoms with Crippen molar-refractivity contribution in [2.45, 2.75) is 19.4 Å². The summed E-state index contributed by atoms with van der Waals surface area (Å²) in [6.45, 7) is 1.96. The lowest BCUT2D eigenvalue weighted by Gasteiger charge is -2.19. The summed E-state index contributed by atoms with van der Waals surface area (Å²) in [5.41, 5.74) is 7.71. The van der Waals surface area contributed by atoms with E-state index in [2.05, 4.69) is 32.1 Å². The normalized spacial score (nSPS) is 15.9. The lowest BCUT2D eigenvalue weighted by Crippen LogP contribution is -2.16. The Hall–Kier alpha value is -3.05. The quantitative estimate of drug-likeness (QED) is 0.772. The zero-order valence-corrected chi connectivity index (χ0v) is 15.6. The van der Waals surface area contributed by atoms with Crippen LogP contribution in [0, 0.1) is 11.8 Å². The maximum atomic E-state index is 12.4. The van der Waals surface area contributed by atoms with Gasteiger partial charge in [0.15, 0.2) is 11.8 Å². The zero-order valence-electron chi connectivity index (χ0n) is 14.8. The topological polar surface area (TPSA) is 102 Å². The first kappa shape index (κ1) is 18.7. The Morgan fingerprint density at radius 2 is 2.30 bits per heavy atom. The highest BCUT2D eigenvalue weighted by atomic mass is 32.2. The average Bonchev–Trinajstić information content (AvgIpc) is 2.69. The van der Waals surface area contributed by atoms with Crippen molar-refractivity contribution >= 4 is 28.5 Å². The monoisotopic (exact) mass is 381 g/mol. The number of nitrogens with zero attached hydrogens (tertiary/aromatic N) is 3. The molecule has 0 fully saturated rings. The van der Waals surface area contributed by atoms with E-state index in [0.29, 0.717) is 16.7 Å². The Balaban J connectivity index is 1.66. The van der Waals surface area contributed by atoms with Crippen LogP contribution in [0.1, 0.15) is 35.4 Å². The fourth-order valence-electron chi connectivity index (χ4n) is 2.48. The summed E-state index contributed by atoms with van der Waals surface area (Å²) in [5, 5.41) is 3.43. The van der Waals surface area contributed by atoms with Crippen LogP contribution in [0.5, 0.6) is 5.88 Å². The van der Waals surface area contributed by atoms with Gasteiger partial charge in [-0.2, -0.15) is 0 Å². The summed E-state index contributed by atoms with van der Waals surface area (Å²) in [7, 11) is 0. The van der Waals surface area contributed by atoms with E-state index in [0.717, 1.165) is 17.7 Å². The van der Waals surface area contributed by atoms with E-state index in [4.69, 9.17) is 10.5 Å². The second kappa shape index (κ2) is 9.05. The second-order valence-corrected chi connectivity index (χ2v) is 6.77. The highest BCUT2D eigenvalue weighted by Gasteiger charge is 2.17. The van der Waals surface area contributed by atoms with E-state index in [1.165, 1.54) is 12.4 Å². The Bertz CT molecular complexity index is 902. The van der Waals surface area contributed by atoms with E-state index in [9.17, 15) is 4.79 Å². The molecule has 1 aromatic carbocycles. The molecule has 8 heteroatoms. The van der Waals surface area contributed by atoms with Crippen LogP contribution in [0.4, 0.5) is 5.69 Å². The fraction of sp³-hybridized carbons (Fsp3) is 0.263. The number of rotatable bonds is 5. The number of benzene rings is 1. The Morgan fingerprint density at radius 3 is 3.04 bits per heavy atom. The van der Waals surface area contributed by atoms with Crippen LogP contribution in [0.25, 0.3) is 0 Å². The van der Waals surface area contributed by atoms with Crippen molar-refractivity contribution in [1.29, 1.82) is 0 Å². The Morgan fingerprint density at radius 1 is 1.41 bits per heavy atom. The fourth-order valence-corrected chi connectivity index (χ4v) is 3.23. The van der Waals surface area contributed by atoms with Crippen molar-refractivity contribution in [1.82, 2.24) is 9.97 Å². The summed E-state index contributed by atoms with van der Waals surface area (Å²) in [5.74, 6) is 6.40. The molecule has 3 rings (SSSR count). The van der Waals surface area contributed by atoms with Gasteiger partial charge in [0, 0.05) is 11.4 Å². The highest BCUT2D eigenvalue weighted by Crippen LogP contribution is 2.29. The first-order valence-corrected chi connectivity index (χ1v) is 9.36. The number of carbonyl (C=O) groups is 1. The second-order valence-electron chi connectivity index (χ2n) is 5.66. The molecule has 1 unspecified atom stereocenters. The number of nitrogens with one attached hydrogen (secondary N) is 1. The van der Waals surface area contributed by atoms with Gasteiger partial charge in [-0.3, -0.25) is 9.79 Å². The summed E-state index contributed by atoms with van der Waals surface area (Å²) in [6.07, 6.45) is 3.69. The number of aromatic nitrogens is 2. The summed E-state index contributed by atoms with van der Waals surface area (Å²) in [4.78, 5) is 25.0. The predicted molar refractivity (Wildman–Crippen MR) is 107 cm³/mol. The molecule has 138 valence electrons. The third kappa shape index (κ3) is 5.21. The molecule has 7 nitrogen and oxygen atoms in total. The Kier molecular flexibility index (Phi) is 6.28. The number of nitrogens with two attached hydrogens (primary N) is 1. The average molecular weight is 381 g/mol. The maximum Gasteiger partial charge on any atom is 0.275 e. The summed E-state index contributed by atoms with van der Waals surface area (Å²) in [6, 6.07) is 7.61. The smallest absolute Gasteiger partial charge is 0.275 e. The van der Waals surface area contributed by atoms with Gasteiger partial charge in [0.2, 0.25) is 5.88 Å². The van der Waals surface area contributed by atoms with Gasteiger partial charge in [-0.15, -0.1) is 5.92 Å². The largest absolute Gasteiger partial charge is 0.463 e. The Labute approximate surface area is 161 Å². The predicted octanol–water partition coefficient (Wildman–Crippen LogP) is 2.62. The molecular weight excluding hydrogens is 362 g/mol. The van der Waals surface area contributed by atoms with E-state index in [1.807, 2.05) is 24.3 Å². The van der Waals surface area contributed by atoms with Crippen molar-refractivity contribution in [2.75, 3.05) is 17.7 Å². The standard InChI is InChI=1S/C19H19N5O2S/c1-2-3-8-26-17-12-21-16(11-22-17)18(25)23-14-6-4-5-13(10-14)15-7-9-27-19(20)24-15/h4-6,10-12,15H,7-9H2,1H3,(H2,20,24)(H,23,25). The number of amidine groups is 1. The van der Waals surface area contributed by atoms with Crippen molar-refractivity contribution < 1.29 is 9.53 Å². The third-order valence-electron chi connectivity index (χ3n) is 3.78. The van der Waals surface area contributed by atoms with Crippen LogP contribution in [0.15, 0.2) is 41.7 Å². The summed E-state index contributed by atoms with van der Waals surface area (Å²) < 4.78 is 5.29. The SMILES string of the molecule is CC#CCOc1cnc(C(=O)Nc2cccc(C3CCSC(N)=N3)c2)cn1. The van der Waals surface area contributed by atoms with Crippen molar-refractivity contribution in [2.24, 2.45) is 10.7 Å². The van der Waals surface area contributed by atoms with Gasteiger partial charge in [0.25, 0.3) is 5.91 Å². The van der Waals surface area contributed by atoms with E-state index in [-0.39, 0.29) is 24.2 Å². The van der Waals surface area contributed by atoms with Gasteiger partial charge in [0.05, 0.1) is 18.4 Å². The van der Waals surface area contributed by atoms with Gasteiger partial charge < -0.3 is 15.8 Å². The van der Waals surface area contributed by atoms with Crippen LogP contribution in [-0.4, -0.2) is 33.4 Å². The lowest BCUT2D eigenvalue weighted by molar-refractivity contribution is 0.102. The molecular formula is C19H19N5O2S. The molecule has 1 aliphatic heterocycles. The van der Waals surface area contributed by atoms with Crippen LogP contribution >= 0.6 is 11.8 Å². The van der Waals surface area contributed by atoms with Crippen molar-refractivity contribution in [3.05, 3.63) is 47.9 Å². The molecule has 1 atom stereocenters. The lowest BCUT2D eigenvalue weighted by atomic mass is 10.0. The van der Waals surface area contributed by atoms with Gasteiger partial charge in [-0.05, 0) is 31.0 Å². The molecule has 0 saturated carbocycles. The first-order valence-electron chi connectivity index (χ1n) is 8.37. The number of thioether (sulfide) groups is 1. The van der Waals surface area contributed by atoms with Gasteiger partial charge in [0.1, 0.15) is 5.69 Å². The zero-order chi connectivity index (χ0) is 19.1. The molecule has 0 radical (unpaired) electrons. The molecule has 0 bridgehead atoms. The highest BCUT2D eigenvalue weighted by molar-refractivity contribution is 8.13. The summed E-state index contributed by atoms with van der Waals surface area (Å²) >= 11 is 1.56. The minimum Gasteiger partial charge on any atom is -0.463 e. The molecule has 27 heavy (non-hydrogen) atoms. The molecule has 1 aromatic heterocycles. The molecule has 1 amide bonds. The minimum absolute atomic E-state index is 0.0190. The number of amides is 1. The molecule has 2 heterocycles. The molecule has 0 aliphatic carbocycles. The van der Waals surface area contributed by atoms with Crippen molar-refractivity contribution in [3.8, 4) is 17.7 Å². The van der Waals surface area contributed by atoms with Crippen LogP contribution in [0.2, 0.25) is 0 Å². The van der Waals surface area contributed by atoms with Gasteiger partial charge in [-0.25, -0.2) is 9.97 Å². The number of hydrogen-bond acceptors (Lipinski definition) is 7. The molecule has 0 spiro atoms. The number of ether oxygens (including phenoxy) is 1. The van der Waals surface area contributed by atoms with E-state index < -0.39 is 0 Å². The van der Waals surface area contributed by atoms with Crippen LogP contribution in [-0.2, 0) is 0 Å². The minimum atomic E-state index is -0.346. The van der Waals surface area contributed by atoms with Crippen LogP contribution in [0.3, 0.4) is 0 Å². The molecule has 2 aromatic rings. The molecule has 1 aliphatic rings. The van der Waals surface area contributed by atoms with Crippen LogP contribution < -0.4 is 15.8 Å². The maximum absolute atomic E-state index is 12.4. The number of carbonyl (C=O) groups excluding carboxylic acids is 1. The van der Waals surface area contributed by atoms with E-state index in [1.54, 1.807) is 18.7 Å². The van der Waals surface area contributed by atoms with Gasteiger partial charge >= 0.3 is 0 Å². The van der Waals surface area contributed by atoms with Gasteiger partial charge in [-0.1, -0.05) is 29.8 Å². The number of hydrogen-bond donors (Lipinski definition) is 2. The van der Waals surface area contributed by atoms with Crippen molar-refractivity contribution in [3.63, 3.8) is 0 Å². The van der Waals surface area contributed by atoms with E-state index >= 15 is 0 Å². The molecule has 3 N–H and O–H groups in total. The number of anilines is 1. The third-order valence-corrected chi connectivity index (χ3v) is 4.62. The molecule has 0 saturated heterocycles. The number of aliphatic imine (C=N–C) groups is 1. The first-order chi connectivity index (χ1) is 13.2.